The number of aliphatic hydroxyl groups is 1. The van der Waals surface area contributed by atoms with Crippen LogP contribution >= 0.6 is 0 Å². The van der Waals surface area contributed by atoms with E-state index in [1.54, 1.807) is 0 Å². The largest absolute Gasteiger partial charge is 0.465 e. The van der Waals surface area contributed by atoms with E-state index in [0.29, 0.717) is 19.3 Å². The van der Waals surface area contributed by atoms with Crippen molar-refractivity contribution in [3.05, 3.63) is 6.92 Å². The first-order valence-corrected chi connectivity index (χ1v) is 2.84. The van der Waals surface area contributed by atoms with Gasteiger partial charge < -0.3 is 9.84 Å². The average molecular weight is 131 g/mol. The molecule has 1 radical (unpaired) electrons. The summed E-state index contributed by atoms with van der Waals surface area (Å²) in [5.41, 5.74) is 0. The number of aliphatic hydroxyl groups excluding tert-OH is 1. The van der Waals surface area contributed by atoms with Crippen molar-refractivity contribution in [1.29, 1.82) is 0 Å². The van der Waals surface area contributed by atoms with Crippen LogP contribution in [-0.4, -0.2) is 24.3 Å². The Morgan fingerprint density at radius 1 is 1.78 bits per heavy atom. The van der Waals surface area contributed by atoms with Crippen LogP contribution in [0.25, 0.3) is 0 Å². The lowest BCUT2D eigenvalue weighted by atomic mass is 10.2. The first-order valence-electron chi connectivity index (χ1n) is 2.84. The molecule has 3 heteroatoms. The number of ether oxygens (including phenoxy) is 1. The molecule has 0 rings (SSSR count). The smallest absolute Gasteiger partial charge is 0.293 e. The number of carbonyl (C=O) groups is 1. The van der Waals surface area contributed by atoms with Crippen LogP contribution in [0, 0.1) is 6.92 Å². The van der Waals surface area contributed by atoms with Crippen LogP contribution < -0.4 is 0 Å². The molecule has 3 nitrogen and oxygen atoms in total. The summed E-state index contributed by atoms with van der Waals surface area (Å²) in [7, 11) is 0. The minimum absolute atomic E-state index is 0.119. The van der Waals surface area contributed by atoms with Gasteiger partial charge in [-0.3, -0.25) is 4.79 Å². The van der Waals surface area contributed by atoms with Gasteiger partial charge in [0, 0.05) is 6.61 Å². The van der Waals surface area contributed by atoms with E-state index in [1.165, 1.54) is 0 Å². The molecular formula is C6H11O3. The van der Waals surface area contributed by atoms with Crippen LogP contribution in [0.4, 0.5) is 0 Å². The maximum atomic E-state index is 9.65. The summed E-state index contributed by atoms with van der Waals surface area (Å²) in [6.07, 6.45) is 0.937. The van der Waals surface area contributed by atoms with Crippen LogP contribution in [-0.2, 0) is 9.53 Å². The van der Waals surface area contributed by atoms with Crippen molar-refractivity contribution >= 4 is 6.47 Å². The maximum Gasteiger partial charge on any atom is 0.293 e. The van der Waals surface area contributed by atoms with Crippen molar-refractivity contribution in [3.63, 3.8) is 0 Å². The fourth-order valence-electron chi connectivity index (χ4n) is 0.466. The Balaban J connectivity index is 3.04. The fourth-order valence-corrected chi connectivity index (χ4v) is 0.466. The van der Waals surface area contributed by atoms with Crippen LogP contribution in [0.3, 0.4) is 0 Å². The van der Waals surface area contributed by atoms with Crippen molar-refractivity contribution in [1.82, 2.24) is 0 Å². The highest BCUT2D eigenvalue weighted by Gasteiger charge is 1.98. The Bertz CT molecular complexity index is 72.7. The Labute approximate surface area is 54.6 Å². The van der Waals surface area contributed by atoms with Gasteiger partial charge in [-0.05, 0) is 19.8 Å². The summed E-state index contributed by atoms with van der Waals surface area (Å²) in [6.45, 7) is 3.99. The number of carbonyl (C=O) groups excluding carboxylic acids is 1. The highest BCUT2D eigenvalue weighted by molar-refractivity contribution is 5.37. The third-order valence-corrected chi connectivity index (χ3v) is 0.932. The van der Waals surface area contributed by atoms with Gasteiger partial charge in [-0.15, -0.1) is 0 Å². The summed E-state index contributed by atoms with van der Waals surface area (Å²) in [5, 5.41) is 8.31. The van der Waals surface area contributed by atoms with Gasteiger partial charge in [-0.1, -0.05) is 0 Å². The van der Waals surface area contributed by atoms with Crippen LogP contribution in [0.1, 0.15) is 12.8 Å². The summed E-state index contributed by atoms with van der Waals surface area (Å²) >= 11 is 0. The van der Waals surface area contributed by atoms with E-state index in [1.807, 2.05) is 0 Å². The van der Waals surface area contributed by atoms with Gasteiger partial charge in [-0.2, -0.15) is 0 Å². The summed E-state index contributed by atoms with van der Waals surface area (Å²) in [5.74, 6) is 0. The normalized spacial score (nSPS) is 12.7. The van der Waals surface area contributed by atoms with E-state index >= 15 is 0 Å². The van der Waals surface area contributed by atoms with Crippen LogP contribution in [0.15, 0.2) is 0 Å². The van der Waals surface area contributed by atoms with Gasteiger partial charge in [0.15, 0.2) is 0 Å². The molecule has 0 aromatic rings. The monoisotopic (exact) mass is 131 g/mol. The molecule has 0 fully saturated rings. The van der Waals surface area contributed by atoms with E-state index in [-0.39, 0.29) is 12.7 Å². The molecule has 1 N–H and O–H groups in total. The van der Waals surface area contributed by atoms with Crippen molar-refractivity contribution in [2.45, 2.75) is 18.9 Å². The van der Waals surface area contributed by atoms with Gasteiger partial charge in [0.05, 0.1) is 0 Å². The number of rotatable bonds is 5. The van der Waals surface area contributed by atoms with Crippen molar-refractivity contribution in [2.24, 2.45) is 0 Å². The predicted molar refractivity (Wildman–Crippen MR) is 32.6 cm³/mol. The highest BCUT2D eigenvalue weighted by atomic mass is 16.5. The molecule has 0 aromatic carbocycles. The molecule has 0 amide bonds. The van der Waals surface area contributed by atoms with Gasteiger partial charge in [0.25, 0.3) is 6.47 Å². The van der Waals surface area contributed by atoms with E-state index in [0.717, 1.165) is 0 Å². The lowest BCUT2D eigenvalue weighted by Crippen LogP contribution is -2.07. The Morgan fingerprint density at radius 3 is 2.89 bits per heavy atom. The minimum Gasteiger partial charge on any atom is -0.465 e. The molecule has 0 aromatic heterocycles. The maximum absolute atomic E-state index is 9.65. The second kappa shape index (κ2) is 5.56. The number of hydrogen-bond donors (Lipinski definition) is 1. The summed E-state index contributed by atoms with van der Waals surface area (Å²) < 4.78 is 4.44. The topological polar surface area (TPSA) is 46.5 Å². The SMILES string of the molecule is [CH2]C(CCCO)OC=O. The molecular weight excluding hydrogens is 120 g/mol. The number of hydrogen-bond acceptors (Lipinski definition) is 3. The Morgan fingerprint density at radius 2 is 2.44 bits per heavy atom. The molecule has 0 aliphatic rings. The molecule has 0 heterocycles. The predicted octanol–water partition coefficient (Wildman–Crippen LogP) is 0.135. The van der Waals surface area contributed by atoms with E-state index in [4.69, 9.17) is 5.11 Å². The molecule has 0 aliphatic carbocycles. The minimum atomic E-state index is -0.311. The highest BCUT2D eigenvalue weighted by Crippen LogP contribution is 1.97. The lowest BCUT2D eigenvalue weighted by Gasteiger charge is -2.05. The average Bonchev–Trinajstić information content (AvgIpc) is 1.85. The van der Waals surface area contributed by atoms with E-state index in [2.05, 4.69) is 11.7 Å². The zero-order valence-corrected chi connectivity index (χ0v) is 5.25. The van der Waals surface area contributed by atoms with Gasteiger partial charge in [0.1, 0.15) is 6.10 Å². The lowest BCUT2D eigenvalue weighted by molar-refractivity contribution is -0.132. The van der Waals surface area contributed by atoms with Crippen LogP contribution in [0.2, 0.25) is 0 Å². The van der Waals surface area contributed by atoms with Crippen molar-refractivity contribution in [3.8, 4) is 0 Å². The van der Waals surface area contributed by atoms with Crippen molar-refractivity contribution in [2.75, 3.05) is 6.61 Å². The molecule has 1 atom stereocenters. The molecule has 0 saturated heterocycles. The molecule has 9 heavy (non-hydrogen) atoms. The zero-order valence-electron chi connectivity index (χ0n) is 5.25. The second-order valence-electron chi connectivity index (χ2n) is 1.72. The third kappa shape index (κ3) is 5.30. The molecule has 0 bridgehead atoms. The van der Waals surface area contributed by atoms with Gasteiger partial charge in [0.2, 0.25) is 0 Å². The molecule has 0 saturated carbocycles. The van der Waals surface area contributed by atoms with Crippen molar-refractivity contribution < 1.29 is 14.6 Å². The van der Waals surface area contributed by atoms with E-state index in [9.17, 15) is 4.79 Å². The second-order valence-corrected chi connectivity index (χ2v) is 1.72. The first kappa shape index (κ1) is 8.43. The van der Waals surface area contributed by atoms with Gasteiger partial charge >= 0.3 is 0 Å². The van der Waals surface area contributed by atoms with Crippen LogP contribution in [0.5, 0.6) is 0 Å². The summed E-state index contributed by atoms with van der Waals surface area (Å²) in [6, 6.07) is 0. The fraction of sp³-hybridized carbons (Fsp3) is 0.667. The molecule has 53 valence electrons. The molecule has 1 unspecified atom stereocenters. The quantitative estimate of drug-likeness (QED) is 0.539. The molecule has 0 aliphatic heterocycles. The van der Waals surface area contributed by atoms with E-state index < -0.39 is 0 Å². The zero-order chi connectivity index (χ0) is 7.11. The van der Waals surface area contributed by atoms with Gasteiger partial charge in [-0.25, -0.2) is 0 Å². The Hall–Kier alpha value is -0.570. The standard InChI is InChI=1S/C6H11O3/c1-6(9-5-8)3-2-4-7/h5-7H,1-4H2. The Kier molecular flexibility index (Phi) is 5.21. The third-order valence-electron chi connectivity index (χ3n) is 0.932. The first-order chi connectivity index (χ1) is 4.31. The molecule has 0 spiro atoms. The summed E-state index contributed by atoms with van der Waals surface area (Å²) in [4.78, 5) is 9.65.